The van der Waals surface area contributed by atoms with Gasteiger partial charge in [-0.1, -0.05) is 30.3 Å². The van der Waals surface area contributed by atoms with Gasteiger partial charge in [0.25, 0.3) is 5.91 Å². The molecular formula is C20H18BrN3O3. The van der Waals surface area contributed by atoms with Crippen LogP contribution in [0.4, 0.5) is 5.69 Å². The number of benzene rings is 2. The predicted octanol–water partition coefficient (Wildman–Crippen LogP) is 4.57. The van der Waals surface area contributed by atoms with Crippen LogP contribution in [0, 0.1) is 0 Å². The number of nitrogens with one attached hydrogen (secondary N) is 1. The molecule has 0 fully saturated rings. The molecule has 7 heteroatoms. The maximum absolute atomic E-state index is 12.6. The number of methoxy groups -OCH3 is 1. The second kappa shape index (κ2) is 8.64. The quantitative estimate of drug-likeness (QED) is 0.623. The first-order chi connectivity index (χ1) is 13.1. The van der Waals surface area contributed by atoms with E-state index in [9.17, 15) is 4.79 Å². The molecule has 3 rings (SSSR count). The van der Waals surface area contributed by atoms with Gasteiger partial charge in [-0.15, -0.1) is 0 Å². The lowest BCUT2D eigenvalue weighted by atomic mass is 10.2. The monoisotopic (exact) mass is 427 g/mol. The van der Waals surface area contributed by atoms with E-state index in [0.29, 0.717) is 39.7 Å². The number of carbonyl (C=O) groups is 1. The van der Waals surface area contributed by atoms with E-state index in [1.807, 2.05) is 37.3 Å². The zero-order valence-electron chi connectivity index (χ0n) is 14.9. The molecule has 0 spiro atoms. The molecule has 0 aliphatic rings. The first-order valence-corrected chi connectivity index (χ1v) is 9.10. The number of amides is 1. The van der Waals surface area contributed by atoms with E-state index in [4.69, 9.17) is 9.47 Å². The third kappa shape index (κ3) is 4.43. The molecule has 0 saturated heterocycles. The molecule has 0 saturated carbocycles. The molecule has 0 unspecified atom stereocenters. The van der Waals surface area contributed by atoms with Crippen molar-refractivity contribution in [2.75, 3.05) is 19.0 Å². The van der Waals surface area contributed by atoms with Crippen molar-refractivity contribution >= 4 is 27.5 Å². The summed E-state index contributed by atoms with van der Waals surface area (Å²) in [5, 5.41) is 2.79. The summed E-state index contributed by atoms with van der Waals surface area (Å²) < 4.78 is 11.5. The summed E-state index contributed by atoms with van der Waals surface area (Å²) in [4.78, 5) is 21.2. The Balaban J connectivity index is 1.78. The van der Waals surface area contributed by atoms with Gasteiger partial charge in [-0.2, -0.15) is 0 Å². The number of rotatable bonds is 6. The van der Waals surface area contributed by atoms with Crippen LogP contribution in [0.3, 0.4) is 0 Å². The first kappa shape index (κ1) is 18.8. The Morgan fingerprint density at radius 2 is 1.85 bits per heavy atom. The average molecular weight is 428 g/mol. The van der Waals surface area contributed by atoms with E-state index in [0.717, 1.165) is 5.56 Å². The third-order valence-corrected chi connectivity index (χ3v) is 4.31. The number of nitrogens with zero attached hydrogens (tertiary/aromatic N) is 2. The van der Waals surface area contributed by atoms with Gasteiger partial charge in [0.2, 0.25) is 0 Å². The summed E-state index contributed by atoms with van der Waals surface area (Å²) in [5.41, 5.74) is 1.84. The predicted molar refractivity (Wildman–Crippen MR) is 107 cm³/mol. The van der Waals surface area contributed by atoms with Crippen LogP contribution in [-0.2, 0) is 0 Å². The van der Waals surface area contributed by atoms with Crippen molar-refractivity contribution in [3.8, 4) is 22.9 Å². The molecule has 0 bridgehead atoms. The summed E-state index contributed by atoms with van der Waals surface area (Å²) in [7, 11) is 1.53. The molecule has 0 aliphatic heterocycles. The Hall–Kier alpha value is -2.93. The van der Waals surface area contributed by atoms with Gasteiger partial charge in [-0.25, -0.2) is 9.97 Å². The Morgan fingerprint density at radius 3 is 2.48 bits per heavy atom. The fourth-order valence-corrected chi connectivity index (χ4v) is 3.02. The largest absolute Gasteiger partial charge is 0.493 e. The van der Waals surface area contributed by atoms with Gasteiger partial charge < -0.3 is 14.8 Å². The lowest BCUT2D eigenvalue weighted by molar-refractivity contribution is 0.102. The summed E-state index contributed by atoms with van der Waals surface area (Å²) >= 11 is 3.42. The van der Waals surface area contributed by atoms with Gasteiger partial charge in [0, 0.05) is 11.1 Å². The van der Waals surface area contributed by atoms with Crippen LogP contribution in [0.2, 0.25) is 0 Å². The lowest BCUT2D eigenvalue weighted by Gasteiger charge is -2.13. The Kier molecular flexibility index (Phi) is 6.03. The van der Waals surface area contributed by atoms with Gasteiger partial charge in [-0.05, 0) is 35.0 Å². The van der Waals surface area contributed by atoms with Crippen molar-refractivity contribution in [1.29, 1.82) is 0 Å². The molecule has 1 heterocycles. The van der Waals surface area contributed by atoms with E-state index in [1.54, 1.807) is 24.5 Å². The minimum atomic E-state index is -0.298. The number of hydrogen-bond acceptors (Lipinski definition) is 5. The van der Waals surface area contributed by atoms with Gasteiger partial charge in [0.15, 0.2) is 17.3 Å². The van der Waals surface area contributed by atoms with Crippen molar-refractivity contribution in [2.24, 2.45) is 0 Å². The van der Waals surface area contributed by atoms with Gasteiger partial charge in [-0.3, -0.25) is 4.79 Å². The molecule has 1 amide bonds. The van der Waals surface area contributed by atoms with Crippen LogP contribution in [-0.4, -0.2) is 29.6 Å². The maximum Gasteiger partial charge on any atom is 0.255 e. The van der Waals surface area contributed by atoms with Crippen LogP contribution < -0.4 is 14.8 Å². The van der Waals surface area contributed by atoms with E-state index in [2.05, 4.69) is 31.2 Å². The number of halogens is 1. The van der Waals surface area contributed by atoms with Crippen molar-refractivity contribution < 1.29 is 14.3 Å². The van der Waals surface area contributed by atoms with Crippen molar-refractivity contribution in [2.45, 2.75) is 6.92 Å². The van der Waals surface area contributed by atoms with Gasteiger partial charge in [0.1, 0.15) is 0 Å². The molecular weight excluding hydrogens is 410 g/mol. The Labute approximate surface area is 165 Å². The summed E-state index contributed by atoms with van der Waals surface area (Å²) in [6, 6.07) is 12.9. The molecule has 2 aromatic carbocycles. The molecule has 27 heavy (non-hydrogen) atoms. The fourth-order valence-electron chi connectivity index (χ4n) is 2.47. The molecule has 3 aromatic rings. The number of aromatic nitrogens is 2. The maximum atomic E-state index is 12.6. The second-order valence-corrected chi connectivity index (χ2v) is 6.39. The van der Waals surface area contributed by atoms with Crippen LogP contribution in [0.5, 0.6) is 11.5 Å². The molecule has 0 aliphatic carbocycles. The first-order valence-electron chi connectivity index (χ1n) is 8.31. The smallest absolute Gasteiger partial charge is 0.255 e. The minimum Gasteiger partial charge on any atom is -0.493 e. The summed E-state index contributed by atoms with van der Waals surface area (Å²) in [5.74, 6) is 1.34. The zero-order chi connectivity index (χ0) is 19.2. The van der Waals surface area contributed by atoms with Gasteiger partial charge in [0.05, 0.1) is 36.3 Å². The molecule has 1 N–H and O–H groups in total. The standard InChI is InChI=1S/C20H18BrN3O3/c1-3-27-18-16(21)9-14(10-17(18)26-2)20(25)24-15-11-22-19(23-12-15)13-7-5-4-6-8-13/h4-12H,3H2,1-2H3,(H,24,25). The number of ether oxygens (including phenoxy) is 2. The zero-order valence-corrected chi connectivity index (χ0v) is 16.5. The summed E-state index contributed by atoms with van der Waals surface area (Å²) in [6.45, 7) is 2.37. The molecule has 138 valence electrons. The van der Waals surface area contributed by atoms with Crippen LogP contribution in [0.1, 0.15) is 17.3 Å². The van der Waals surface area contributed by atoms with E-state index in [-0.39, 0.29) is 5.91 Å². The van der Waals surface area contributed by atoms with E-state index >= 15 is 0 Å². The van der Waals surface area contributed by atoms with Crippen LogP contribution in [0.15, 0.2) is 59.3 Å². The van der Waals surface area contributed by atoms with E-state index < -0.39 is 0 Å². The highest BCUT2D eigenvalue weighted by Gasteiger charge is 2.16. The van der Waals surface area contributed by atoms with Crippen LogP contribution >= 0.6 is 15.9 Å². The summed E-state index contributed by atoms with van der Waals surface area (Å²) in [6.07, 6.45) is 3.15. The number of anilines is 1. The SMILES string of the molecule is CCOc1c(Br)cc(C(=O)Nc2cnc(-c3ccccc3)nc2)cc1OC. The molecule has 0 radical (unpaired) electrons. The highest BCUT2D eigenvalue weighted by Crippen LogP contribution is 2.36. The fraction of sp³-hybridized carbons (Fsp3) is 0.150. The highest BCUT2D eigenvalue weighted by molar-refractivity contribution is 9.10. The molecule has 0 atom stereocenters. The topological polar surface area (TPSA) is 73.3 Å². The average Bonchev–Trinajstić information content (AvgIpc) is 2.70. The lowest BCUT2D eigenvalue weighted by Crippen LogP contribution is -2.13. The highest BCUT2D eigenvalue weighted by atomic mass is 79.9. The number of hydrogen-bond donors (Lipinski definition) is 1. The van der Waals surface area contributed by atoms with Crippen molar-refractivity contribution in [3.05, 3.63) is 64.9 Å². The third-order valence-electron chi connectivity index (χ3n) is 3.72. The molecule has 1 aromatic heterocycles. The molecule has 6 nitrogen and oxygen atoms in total. The Morgan fingerprint density at radius 1 is 1.15 bits per heavy atom. The van der Waals surface area contributed by atoms with E-state index in [1.165, 1.54) is 7.11 Å². The van der Waals surface area contributed by atoms with Crippen LogP contribution in [0.25, 0.3) is 11.4 Å². The van der Waals surface area contributed by atoms with Gasteiger partial charge >= 0.3 is 0 Å². The Bertz CT molecular complexity index is 931. The normalized spacial score (nSPS) is 10.3. The number of carbonyl (C=O) groups excluding carboxylic acids is 1. The van der Waals surface area contributed by atoms with Crippen molar-refractivity contribution in [1.82, 2.24) is 9.97 Å². The van der Waals surface area contributed by atoms with Crippen molar-refractivity contribution in [3.63, 3.8) is 0 Å². The minimum absolute atomic E-state index is 0.298. The second-order valence-electron chi connectivity index (χ2n) is 5.54.